The number of thiocarbonyl (C=S) groups is 2. The van der Waals surface area contributed by atoms with E-state index in [-0.39, 0.29) is 11.8 Å². The summed E-state index contributed by atoms with van der Waals surface area (Å²) >= 11 is 34.4. The average molecular weight is 1860 g/mol. The number of thiophene rings is 10. The Morgan fingerprint density at radius 1 is 0.317 bits per heavy atom. The lowest BCUT2D eigenvalue weighted by Crippen LogP contribution is -2.27. The number of hydrogen-bond donors (Lipinski definition) is 0. The summed E-state index contributed by atoms with van der Waals surface area (Å²) in [5.41, 5.74) is 8.65. The molecule has 11 aromatic rings. The number of likely N-dealkylation sites (N-methyl/N-ethyl adjacent to an activating group) is 2. The number of nitrogens with zero attached hydrogens (tertiary/aromatic N) is 2. The molecule has 13 rings (SSSR count). The van der Waals surface area contributed by atoms with Gasteiger partial charge < -0.3 is 0 Å². The van der Waals surface area contributed by atoms with E-state index in [1.165, 1.54) is 361 Å². The summed E-state index contributed by atoms with van der Waals surface area (Å²) in [4.78, 5) is 56.9. The molecule has 0 bridgehead atoms. The number of carbonyl (C=O) groups excluding carboxylic acids is 2. The van der Waals surface area contributed by atoms with Crippen molar-refractivity contribution in [1.82, 2.24) is 9.80 Å². The fraction of sp³-hybridized carbons (Fsp3) is 0.510. The van der Waals surface area contributed by atoms with Gasteiger partial charge in [-0.3, -0.25) is 19.4 Å². The van der Waals surface area contributed by atoms with Gasteiger partial charge in [-0.1, -0.05) is 283 Å². The standard InChI is InChI=1S/C102H128N2O2S14/c1-11-21-27-31-35-39-45-69-59-75(63-89-99(105)103(19-9)101(107)119-89)111-93(69)81-53-55-83(113-81)95-71(47-41-37-33-29-23-13-3)61-85(115-95)87-65-77-91(79-51-49-73(109-79)57-67(17-7)43-25-15-5)98-78(92(97(77)117-87)80-52-50-74(110-80)58-68(18-8)44-26-16-6)66-88(118-98)86-62-72(48-42-38-34-30-24-14-4)96(116-86)84-56-54-82(114-84)94-70(46-40-36-32-28-22-12-2)60-76(112-94)64-90-100(106)104(20-10)102(108)120-90/h49-56,59-68H,11-48,57-58H2,1-10H3. The van der Waals surface area contributed by atoms with Gasteiger partial charge in [0.2, 0.25) is 0 Å². The molecule has 2 amide bonds. The third-order valence-electron chi connectivity index (χ3n) is 24.3. The molecule has 120 heavy (non-hydrogen) atoms. The SMILES string of the molecule is CCCCCCCCc1cc(C=C2SC(=S)N(CC)C2=O)sc1-c1ccc(-c2sc(-c3cc4c(-c5ccc(CC(CC)CCCC)s5)c5sc(-c6cc(CCCCCCCC)c(-c7ccc(-c8sc(C=C9SC(=S)N(CC)C9=O)cc8CCCCCCCC)s7)s6)cc5c(-c5ccc(CC(CC)CCCC)s5)c4s3)cc2CCCCCCCC)s1. The number of amides is 2. The van der Waals surface area contributed by atoms with Gasteiger partial charge in [-0.25, -0.2) is 0 Å². The number of aryl methyl sites for hydroxylation is 4. The maximum absolute atomic E-state index is 13.7. The molecular weight excluding hydrogens is 1730 g/mol. The smallest absolute Gasteiger partial charge is 0.266 e. The molecule has 0 aliphatic carbocycles. The second-order valence-corrected chi connectivity index (χ2v) is 47.6. The van der Waals surface area contributed by atoms with E-state index in [0.717, 1.165) is 58.1 Å². The topological polar surface area (TPSA) is 40.6 Å². The Morgan fingerprint density at radius 3 is 0.950 bits per heavy atom. The Hall–Kier alpha value is -3.96. The molecular formula is C102H128N2O2S14. The maximum atomic E-state index is 13.7. The number of thioether (sulfide) groups is 2. The predicted molar refractivity (Wildman–Crippen MR) is 557 cm³/mol. The largest absolute Gasteiger partial charge is 0.293 e. The third kappa shape index (κ3) is 23.7. The van der Waals surface area contributed by atoms with Gasteiger partial charge in [-0.15, -0.1) is 113 Å². The summed E-state index contributed by atoms with van der Waals surface area (Å²) in [6.07, 6.45) is 51.1. The molecule has 0 saturated carbocycles. The van der Waals surface area contributed by atoms with Crippen LogP contribution >= 0.6 is 161 Å². The molecule has 2 fully saturated rings. The molecule has 1 aromatic carbocycles. The first-order chi connectivity index (χ1) is 58.7. The van der Waals surface area contributed by atoms with Gasteiger partial charge in [-0.2, -0.15) is 0 Å². The number of benzene rings is 1. The van der Waals surface area contributed by atoms with Crippen LogP contribution in [0.4, 0.5) is 0 Å². The van der Waals surface area contributed by atoms with Crippen LogP contribution in [0, 0.1) is 11.8 Å². The summed E-state index contributed by atoms with van der Waals surface area (Å²) in [7, 11) is 0. The van der Waals surface area contributed by atoms with Crippen LogP contribution in [0.2, 0.25) is 0 Å². The van der Waals surface area contributed by atoms with Gasteiger partial charge in [0.25, 0.3) is 11.8 Å². The van der Waals surface area contributed by atoms with E-state index < -0.39 is 0 Å². The van der Waals surface area contributed by atoms with Crippen molar-refractivity contribution in [1.29, 1.82) is 0 Å². The van der Waals surface area contributed by atoms with Crippen LogP contribution in [0.3, 0.4) is 0 Å². The van der Waals surface area contributed by atoms with Gasteiger partial charge >= 0.3 is 0 Å². The molecule has 2 atom stereocenters. The molecule has 2 aliphatic rings. The van der Waals surface area contributed by atoms with Crippen LogP contribution in [0.5, 0.6) is 0 Å². The molecule has 2 unspecified atom stereocenters. The van der Waals surface area contributed by atoms with Crippen molar-refractivity contribution in [3.05, 3.63) is 137 Å². The maximum Gasteiger partial charge on any atom is 0.266 e. The van der Waals surface area contributed by atoms with Crippen molar-refractivity contribution < 1.29 is 9.59 Å². The van der Waals surface area contributed by atoms with E-state index in [1.807, 2.05) is 81.9 Å². The van der Waals surface area contributed by atoms with Crippen LogP contribution in [-0.2, 0) is 48.1 Å². The number of hydrogen-bond acceptors (Lipinski definition) is 16. The fourth-order valence-electron chi connectivity index (χ4n) is 17.3. The first-order valence-electron chi connectivity index (χ1n) is 46.1. The second-order valence-electron chi connectivity index (χ2n) is 33.4. The lowest BCUT2D eigenvalue weighted by Gasteiger charge is -2.13. The number of rotatable bonds is 52. The van der Waals surface area contributed by atoms with Crippen LogP contribution in [0.15, 0.2) is 94.7 Å². The number of fused-ring (bicyclic) bond motifs is 2. The molecule has 12 heterocycles. The minimum absolute atomic E-state index is 0.0323. The van der Waals surface area contributed by atoms with E-state index in [2.05, 4.69) is 198 Å². The van der Waals surface area contributed by atoms with Gasteiger partial charge in [0, 0.05) is 132 Å². The molecule has 10 aromatic heterocycles. The Labute approximate surface area is 779 Å². The Morgan fingerprint density at radius 2 is 0.625 bits per heavy atom. The lowest BCUT2D eigenvalue weighted by atomic mass is 9.95. The van der Waals surface area contributed by atoms with Crippen molar-refractivity contribution in [2.45, 2.75) is 313 Å². The first kappa shape index (κ1) is 93.7. The molecule has 0 spiro atoms. The minimum Gasteiger partial charge on any atom is -0.293 e. The van der Waals surface area contributed by atoms with Crippen LogP contribution in [-0.4, -0.2) is 43.3 Å². The number of carbonyl (C=O) groups is 2. The fourth-order valence-corrected chi connectivity index (χ4v) is 32.6. The average Bonchev–Trinajstić information content (AvgIpc) is 1.56. The summed E-state index contributed by atoms with van der Waals surface area (Å²) in [5.74, 6) is 1.42. The zero-order valence-electron chi connectivity index (χ0n) is 73.1. The van der Waals surface area contributed by atoms with Gasteiger partial charge in [0.1, 0.15) is 8.64 Å². The van der Waals surface area contributed by atoms with Crippen molar-refractivity contribution in [2.75, 3.05) is 13.1 Å². The highest BCUT2D eigenvalue weighted by molar-refractivity contribution is 8.27. The molecule has 18 heteroatoms. The molecule has 4 nitrogen and oxygen atoms in total. The molecule has 642 valence electrons. The van der Waals surface area contributed by atoms with Gasteiger partial charge in [-0.05, 0) is 209 Å². The predicted octanol–water partition coefficient (Wildman–Crippen LogP) is 37.5. The van der Waals surface area contributed by atoms with Crippen molar-refractivity contribution >= 4 is 214 Å². The van der Waals surface area contributed by atoms with Gasteiger partial charge in [0.05, 0.1) is 9.81 Å². The first-order valence-corrected chi connectivity index (χ1v) is 56.8. The Bertz CT molecular complexity index is 4870. The molecule has 0 radical (unpaired) electrons. The quantitative estimate of drug-likeness (QED) is 0.0215. The highest BCUT2D eigenvalue weighted by Crippen LogP contribution is 2.58. The minimum atomic E-state index is 0.0323. The third-order valence-corrected chi connectivity index (χ3v) is 39.5. The van der Waals surface area contributed by atoms with Crippen LogP contribution in [0.1, 0.15) is 316 Å². The zero-order chi connectivity index (χ0) is 84.0. The Balaban J connectivity index is 0.951. The summed E-state index contributed by atoms with van der Waals surface area (Å²) in [5, 5.41) is 2.81. The van der Waals surface area contributed by atoms with E-state index in [0.29, 0.717) is 33.6 Å². The van der Waals surface area contributed by atoms with E-state index in [4.69, 9.17) is 24.4 Å². The molecule has 0 N–H and O–H groups in total. The second kappa shape index (κ2) is 47.2. The normalized spacial score (nSPS) is 14.7. The number of unbranched alkanes of at least 4 members (excludes halogenated alkanes) is 22. The highest BCUT2D eigenvalue weighted by Gasteiger charge is 2.34. The highest BCUT2D eigenvalue weighted by atomic mass is 32.2. The van der Waals surface area contributed by atoms with Crippen LogP contribution < -0.4 is 0 Å². The van der Waals surface area contributed by atoms with Crippen molar-refractivity contribution in [2.24, 2.45) is 11.8 Å². The summed E-state index contributed by atoms with van der Waals surface area (Å²) in [6, 6.07) is 35.2. The Kier molecular flexibility index (Phi) is 36.8. The van der Waals surface area contributed by atoms with Crippen molar-refractivity contribution in [3.63, 3.8) is 0 Å². The van der Waals surface area contributed by atoms with Crippen molar-refractivity contribution in [3.8, 4) is 79.4 Å². The monoisotopic (exact) mass is 1860 g/mol. The zero-order valence-corrected chi connectivity index (χ0v) is 84.5. The molecule has 2 aliphatic heterocycles. The van der Waals surface area contributed by atoms with E-state index >= 15 is 0 Å². The summed E-state index contributed by atoms with van der Waals surface area (Å²) in [6.45, 7) is 24.0. The van der Waals surface area contributed by atoms with E-state index in [1.54, 1.807) is 9.80 Å². The molecule has 2 saturated heterocycles. The summed E-state index contributed by atoms with van der Waals surface area (Å²) < 4.78 is 4.16. The van der Waals surface area contributed by atoms with Crippen LogP contribution in [0.25, 0.3) is 112 Å². The lowest BCUT2D eigenvalue weighted by molar-refractivity contribution is -0.122. The van der Waals surface area contributed by atoms with Gasteiger partial charge in [0.15, 0.2) is 0 Å². The van der Waals surface area contributed by atoms with E-state index in [9.17, 15) is 9.59 Å².